The highest BCUT2D eigenvalue weighted by Gasteiger charge is 2.43. The Labute approximate surface area is 301 Å². The van der Waals surface area contributed by atoms with Crippen LogP contribution in [0, 0.1) is 0 Å². The third-order valence-corrected chi connectivity index (χ3v) is 14.9. The first kappa shape index (κ1) is 30.7. The quantitative estimate of drug-likeness (QED) is 0.157. The summed E-state index contributed by atoms with van der Waals surface area (Å²) in [6.45, 7) is 2.48. The number of fused-ring (bicyclic) bond motifs is 3. The van der Waals surface area contributed by atoms with Crippen LogP contribution in [0.4, 0.5) is 17.1 Å². The Balaban J connectivity index is 1.08. The molecule has 2 nitrogen and oxygen atoms in total. The van der Waals surface area contributed by atoms with Crippen molar-refractivity contribution in [3.63, 3.8) is 0 Å². The fourth-order valence-electron chi connectivity index (χ4n) is 7.73. The van der Waals surface area contributed by atoms with Gasteiger partial charge in [0.1, 0.15) is 8.07 Å². The molecule has 0 radical (unpaired) electrons. The van der Waals surface area contributed by atoms with Crippen LogP contribution in [0.15, 0.2) is 200 Å². The molecule has 1 aromatic heterocycles. The zero-order valence-electron chi connectivity index (χ0n) is 28.4. The summed E-state index contributed by atoms with van der Waals surface area (Å²) < 4.78 is 0. The van der Waals surface area contributed by atoms with Gasteiger partial charge in [0.2, 0.25) is 0 Å². The minimum atomic E-state index is -2.21. The van der Waals surface area contributed by atoms with Crippen LogP contribution in [0.5, 0.6) is 0 Å². The zero-order chi connectivity index (χ0) is 34.2. The smallest absolute Gasteiger partial charge is 0.149 e. The number of benzene rings is 7. The summed E-state index contributed by atoms with van der Waals surface area (Å²) in [6, 6.07) is 70.4. The Bertz CT molecular complexity index is 2330. The molecule has 2 heterocycles. The second kappa shape index (κ2) is 12.9. The normalized spacial score (nSPS) is 14.5. The van der Waals surface area contributed by atoms with E-state index < -0.39 is 8.07 Å². The van der Waals surface area contributed by atoms with Gasteiger partial charge < -0.3 is 4.90 Å². The molecule has 242 valence electrons. The van der Waals surface area contributed by atoms with E-state index in [-0.39, 0.29) is 0 Å². The minimum absolute atomic E-state index is 1.11. The SMILES string of the molecule is C[Si]1(c2cccc(-c3ccc(N(c4ccc(-c5ccccc5)cc4)c4ccc(-c5ccccc5)cc4)cc3)c2)c2ccccc2-c2ncccc21. The number of aromatic nitrogens is 1. The lowest BCUT2D eigenvalue weighted by molar-refractivity contribution is 1.28. The highest BCUT2D eigenvalue weighted by Crippen LogP contribution is 2.38. The summed E-state index contributed by atoms with van der Waals surface area (Å²) in [5, 5.41) is 4.24. The van der Waals surface area contributed by atoms with Crippen LogP contribution in [-0.2, 0) is 0 Å². The number of hydrogen-bond acceptors (Lipinski definition) is 2. The molecule has 0 amide bonds. The second-order valence-corrected chi connectivity index (χ2v) is 17.3. The number of anilines is 3. The lowest BCUT2D eigenvalue weighted by Gasteiger charge is -2.27. The average Bonchev–Trinajstić information content (AvgIpc) is 3.48. The Morgan fingerprint density at radius 3 is 1.41 bits per heavy atom. The summed E-state index contributed by atoms with van der Waals surface area (Å²) in [6.07, 6.45) is 1.92. The van der Waals surface area contributed by atoms with Crippen LogP contribution >= 0.6 is 0 Å². The Morgan fingerprint density at radius 2 is 0.843 bits per heavy atom. The van der Waals surface area contributed by atoms with Crippen molar-refractivity contribution in [2.24, 2.45) is 0 Å². The molecule has 7 aromatic carbocycles. The fraction of sp³-hybridized carbons (Fsp3) is 0.0208. The second-order valence-electron chi connectivity index (χ2n) is 13.4. The van der Waals surface area contributed by atoms with Gasteiger partial charge in [-0.15, -0.1) is 0 Å². The number of rotatable bonds is 7. The maximum atomic E-state index is 4.85. The molecular formula is C48H36N2Si. The van der Waals surface area contributed by atoms with Crippen molar-refractivity contribution < 1.29 is 0 Å². The maximum Gasteiger partial charge on any atom is 0.149 e. The van der Waals surface area contributed by atoms with Gasteiger partial charge in [-0.2, -0.15) is 0 Å². The van der Waals surface area contributed by atoms with Gasteiger partial charge >= 0.3 is 0 Å². The first-order valence-corrected chi connectivity index (χ1v) is 20.0. The number of hydrogen-bond donors (Lipinski definition) is 0. The summed E-state index contributed by atoms with van der Waals surface area (Å²) in [7, 11) is -2.21. The van der Waals surface area contributed by atoms with Gasteiger partial charge in [-0.3, -0.25) is 4.98 Å². The van der Waals surface area contributed by atoms with Crippen LogP contribution in [0.2, 0.25) is 6.55 Å². The number of pyridine rings is 1. The van der Waals surface area contributed by atoms with E-state index in [4.69, 9.17) is 4.98 Å². The summed E-state index contributed by atoms with van der Waals surface area (Å²) in [5.74, 6) is 0. The predicted molar refractivity (Wildman–Crippen MR) is 218 cm³/mol. The number of nitrogens with zero attached hydrogens (tertiary/aromatic N) is 2. The molecule has 1 aliphatic rings. The predicted octanol–water partition coefficient (Wildman–Crippen LogP) is 10.6. The van der Waals surface area contributed by atoms with E-state index in [1.54, 1.807) is 0 Å². The maximum absolute atomic E-state index is 4.85. The fourth-order valence-corrected chi connectivity index (χ4v) is 11.8. The average molecular weight is 669 g/mol. The third kappa shape index (κ3) is 5.49. The van der Waals surface area contributed by atoms with Gasteiger partial charge in [-0.1, -0.05) is 158 Å². The molecule has 0 fully saturated rings. The van der Waals surface area contributed by atoms with Crippen LogP contribution in [0.1, 0.15) is 0 Å². The van der Waals surface area contributed by atoms with Crippen molar-refractivity contribution in [3.05, 3.63) is 200 Å². The van der Waals surface area contributed by atoms with Gasteiger partial charge in [0.05, 0.1) is 5.69 Å². The molecule has 8 aromatic rings. The van der Waals surface area contributed by atoms with Crippen molar-refractivity contribution in [1.29, 1.82) is 0 Å². The lowest BCUT2D eigenvalue weighted by atomic mass is 10.0. The van der Waals surface area contributed by atoms with Gasteiger partial charge in [0.15, 0.2) is 0 Å². The minimum Gasteiger partial charge on any atom is -0.311 e. The van der Waals surface area contributed by atoms with E-state index >= 15 is 0 Å². The highest BCUT2D eigenvalue weighted by molar-refractivity contribution is 7.13. The summed E-state index contributed by atoms with van der Waals surface area (Å²) in [4.78, 5) is 7.19. The molecule has 1 aliphatic heterocycles. The highest BCUT2D eigenvalue weighted by atomic mass is 28.3. The van der Waals surface area contributed by atoms with Crippen molar-refractivity contribution >= 4 is 40.7 Å². The molecule has 51 heavy (non-hydrogen) atoms. The van der Waals surface area contributed by atoms with Crippen LogP contribution in [0.3, 0.4) is 0 Å². The summed E-state index contributed by atoms with van der Waals surface area (Å²) in [5.41, 5.74) is 13.0. The largest absolute Gasteiger partial charge is 0.311 e. The van der Waals surface area contributed by atoms with E-state index in [1.807, 2.05) is 6.20 Å². The van der Waals surface area contributed by atoms with Crippen molar-refractivity contribution in [1.82, 2.24) is 4.98 Å². The van der Waals surface area contributed by atoms with E-state index in [2.05, 4.69) is 206 Å². The molecule has 0 saturated heterocycles. The standard InChI is InChI=1S/C48H36N2Si/c1-51(46-19-9-8-18-45(46)48-47(51)20-11-33-49-48)44-17-10-16-40(34-44)39-25-31-43(32-26-39)50(41-27-21-37(22-28-41)35-12-4-2-5-13-35)42-29-23-38(24-30-42)36-14-6-3-7-15-36/h2-34H,1H3. The van der Waals surface area contributed by atoms with Gasteiger partial charge in [0, 0.05) is 28.8 Å². The van der Waals surface area contributed by atoms with Gasteiger partial charge in [-0.25, -0.2) is 0 Å². The topological polar surface area (TPSA) is 16.1 Å². The summed E-state index contributed by atoms with van der Waals surface area (Å²) >= 11 is 0. The Kier molecular flexibility index (Phi) is 7.76. The monoisotopic (exact) mass is 668 g/mol. The molecule has 1 atom stereocenters. The molecule has 0 spiro atoms. The molecule has 1 unspecified atom stereocenters. The van der Waals surface area contributed by atoms with E-state index in [9.17, 15) is 0 Å². The van der Waals surface area contributed by atoms with Crippen LogP contribution in [-0.4, -0.2) is 13.1 Å². The molecule has 9 rings (SSSR count). The van der Waals surface area contributed by atoms with Gasteiger partial charge in [0.25, 0.3) is 0 Å². The molecule has 0 bridgehead atoms. The molecular weight excluding hydrogens is 633 g/mol. The molecule has 0 N–H and O–H groups in total. The van der Waals surface area contributed by atoms with E-state index in [0.29, 0.717) is 0 Å². The molecule has 0 aliphatic carbocycles. The first-order chi connectivity index (χ1) is 25.2. The zero-order valence-corrected chi connectivity index (χ0v) is 29.4. The van der Waals surface area contributed by atoms with Gasteiger partial charge in [-0.05, 0) is 91.4 Å². The van der Waals surface area contributed by atoms with E-state index in [1.165, 1.54) is 54.5 Å². The molecule has 3 heteroatoms. The Morgan fingerprint density at radius 1 is 0.392 bits per heavy atom. The Hall–Kier alpha value is -6.29. The van der Waals surface area contributed by atoms with Crippen molar-refractivity contribution in [2.45, 2.75) is 6.55 Å². The van der Waals surface area contributed by atoms with Crippen molar-refractivity contribution in [2.75, 3.05) is 4.90 Å². The van der Waals surface area contributed by atoms with Crippen molar-refractivity contribution in [3.8, 4) is 44.6 Å². The first-order valence-electron chi connectivity index (χ1n) is 17.5. The van der Waals surface area contributed by atoms with E-state index in [0.717, 1.165) is 22.8 Å². The third-order valence-electron chi connectivity index (χ3n) is 10.4. The molecule has 0 saturated carbocycles. The van der Waals surface area contributed by atoms with Crippen LogP contribution in [0.25, 0.3) is 44.6 Å². The van der Waals surface area contributed by atoms with Crippen LogP contribution < -0.4 is 20.5 Å². The lowest BCUT2D eigenvalue weighted by Crippen LogP contribution is -2.62.